The van der Waals surface area contributed by atoms with Gasteiger partial charge in [-0.3, -0.25) is 9.97 Å². The molecule has 1 aliphatic heterocycles. The summed E-state index contributed by atoms with van der Waals surface area (Å²) in [6, 6.07) is 12.8. The van der Waals surface area contributed by atoms with E-state index in [0.717, 1.165) is 66.8 Å². The van der Waals surface area contributed by atoms with E-state index in [0.29, 0.717) is 6.04 Å². The molecule has 0 spiro atoms. The molecular weight excluding hydrogens is 348 g/mol. The van der Waals surface area contributed by atoms with Gasteiger partial charge in [0.1, 0.15) is 5.82 Å². The lowest BCUT2D eigenvalue weighted by atomic mass is 10.0. The lowest BCUT2D eigenvalue weighted by Crippen LogP contribution is -2.42. The fourth-order valence-corrected chi connectivity index (χ4v) is 3.50. The predicted molar refractivity (Wildman–Crippen MR) is 111 cm³/mol. The molecule has 28 heavy (non-hydrogen) atoms. The van der Waals surface area contributed by atoms with Crippen molar-refractivity contribution >= 4 is 5.82 Å². The second kappa shape index (κ2) is 8.44. The van der Waals surface area contributed by atoms with E-state index in [1.165, 1.54) is 0 Å². The first kappa shape index (κ1) is 18.5. The molecule has 0 aliphatic carbocycles. The fraction of sp³-hybridized carbons (Fsp3) is 0.364. The van der Waals surface area contributed by atoms with Gasteiger partial charge in [0, 0.05) is 55.4 Å². The number of hydrogen-bond donors (Lipinski definition) is 1. The monoisotopic (exact) mass is 374 g/mol. The van der Waals surface area contributed by atoms with E-state index < -0.39 is 0 Å². The van der Waals surface area contributed by atoms with Gasteiger partial charge in [-0.05, 0) is 26.7 Å². The van der Waals surface area contributed by atoms with E-state index in [1.54, 1.807) is 0 Å². The van der Waals surface area contributed by atoms with Crippen LogP contribution in [0.25, 0.3) is 11.4 Å². The van der Waals surface area contributed by atoms with Crippen LogP contribution < -0.4 is 10.2 Å². The first-order valence-corrected chi connectivity index (χ1v) is 9.84. The molecule has 0 unspecified atom stereocenters. The first-order valence-electron chi connectivity index (χ1n) is 9.84. The van der Waals surface area contributed by atoms with Crippen LogP contribution >= 0.6 is 0 Å². The fourth-order valence-electron chi connectivity index (χ4n) is 3.50. The Balaban J connectivity index is 1.37. The van der Waals surface area contributed by atoms with E-state index in [1.807, 2.05) is 44.4 Å². The molecule has 6 heteroatoms. The average Bonchev–Trinajstić information content (AvgIpc) is 2.74. The van der Waals surface area contributed by atoms with E-state index in [4.69, 9.17) is 4.98 Å². The molecule has 3 aromatic rings. The molecule has 1 saturated heterocycles. The summed E-state index contributed by atoms with van der Waals surface area (Å²) in [4.78, 5) is 20.5. The highest BCUT2D eigenvalue weighted by Gasteiger charge is 2.21. The highest BCUT2D eigenvalue weighted by atomic mass is 15.2. The van der Waals surface area contributed by atoms with Gasteiger partial charge < -0.3 is 10.2 Å². The molecule has 0 radical (unpaired) electrons. The number of aryl methyl sites for hydroxylation is 2. The second-order valence-electron chi connectivity index (χ2n) is 7.35. The zero-order chi connectivity index (χ0) is 19.3. The number of aromatic nitrogens is 4. The minimum atomic E-state index is 0.496. The smallest absolute Gasteiger partial charge is 0.161 e. The van der Waals surface area contributed by atoms with Crippen molar-refractivity contribution in [3.63, 3.8) is 0 Å². The molecule has 1 aromatic carbocycles. The van der Waals surface area contributed by atoms with Crippen LogP contribution in [-0.2, 0) is 6.54 Å². The van der Waals surface area contributed by atoms with E-state index in [2.05, 4.69) is 43.4 Å². The maximum absolute atomic E-state index is 4.83. The molecule has 4 rings (SSSR count). The molecule has 0 saturated carbocycles. The van der Waals surface area contributed by atoms with Crippen molar-refractivity contribution in [3.05, 3.63) is 65.9 Å². The van der Waals surface area contributed by atoms with Gasteiger partial charge in [-0.15, -0.1) is 0 Å². The van der Waals surface area contributed by atoms with Crippen molar-refractivity contribution in [2.24, 2.45) is 0 Å². The second-order valence-corrected chi connectivity index (χ2v) is 7.35. The molecule has 2 aromatic heterocycles. The SMILES string of the molecule is Cc1cnc(CNC2CCN(c3cc(C)nc(-c4ccccc4)n3)CC2)cn1. The molecule has 0 bridgehead atoms. The van der Waals surface area contributed by atoms with Crippen molar-refractivity contribution in [1.82, 2.24) is 25.3 Å². The zero-order valence-electron chi connectivity index (χ0n) is 16.5. The topological polar surface area (TPSA) is 66.8 Å². The Labute approximate surface area is 166 Å². The predicted octanol–water partition coefficient (Wildman–Crippen LogP) is 3.31. The minimum Gasteiger partial charge on any atom is -0.356 e. The maximum atomic E-state index is 4.83. The molecule has 1 aliphatic rings. The minimum absolute atomic E-state index is 0.496. The Morgan fingerprint density at radius 2 is 1.75 bits per heavy atom. The number of hydrogen-bond acceptors (Lipinski definition) is 6. The molecule has 1 N–H and O–H groups in total. The van der Waals surface area contributed by atoms with Crippen molar-refractivity contribution in [2.45, 2.75) is 39.3 Å². The van der Waals surface area contributed by atoms with Crippen LogP contribution in [0.1, 0.15) is 29.9 Å². The molecule has 3 heterocycles. The molecular formula is C22H26N6. The van der Waals surface area contributed by atoms with Crippen molar-refractivity contribution in [1.29, 1.82) is 0 Å². The number of rotatable bonds is 5. The lowest BCUT2D eigenvalue weighted by Gasteiger charge is -2.33. The van der Waals surface area contributed by atoms with Gasteiger partial charge in [-0.25, -0.2) is 9.97 Å². The van der Waals surface area contributed by atoms with Gasteiger partial charge in [-0.1, -0.05) is 30.3 Å². The number of nitrogens with zero attached hydrogens (tertiary/aromatic N) is 5. The summed E-state index contributed by atoms with van der Waals surface area (Å²) >= 11 is 0. The summed E-state index contributed by atoms with van der Waals surface area (Å²) in [5, 5.41) is 3.62. The normalized spacial score (nSPS) is 15.0. The summed E-state index contributed by atoms with van der Waals surface area (Å²) in [5.41, 5.74) is 4.00. The number of nitrogens with one attached hydrogen (secondary N) is 1. The van der Waals surface area contributed by atoms with Crippen LogP contribution in [0.4, 0.5) is 5.82 Å². The largest absolute Gasteiger partial charge is 0.356 e. The quantitative estimate of drug-likeness (QED) is 0.739. The third-order valence-electron chi connectivity index (χ3n) is 5.10. The maximum Gasteiger partial charge on any atom is 0.161 e. The third-order valence-corrected chi connectivity index (χ3v) is 5.10. The first-order chi connectivity index (χ1) is 13.7. The van der Waals surface area contributed by atoms with Gasteiger partial charge in [0.25, 0.3) is 0 Å². The van der Waals surface area contributed by atoms with Crippen LogP contribution in [-0.4, -0.2) is 39.1 Å². The lowest BCUT2D eigenvalue weighted by molar-refractivity contribution is 0.410. The Morgan fingerprint density at radius 1 is 0.964 bits per heavy atom. The van der Waals surface area contributed by atoms with Crippen LogP contribution in [0.5, 0.6) is 0 Å². The van der Waals surface area contributed by atoms with E-state index in [9.17, 15) is 0 Å². The molecule has 0 atom stereocenters. The Kier molecular flexibility index (Phi) is 5.58. The summed E-state index contributed by atoms with van der Waals surface area (Å²) < 4.78 is 0. The highest BCUT2D eigenvalue weighted by molar-refractivity contribution is 5.57. The van der Waals surface area contributed by atoms with Crippen molar-refractivity contribution in [3.8, 4) is 11.4 Å². The molecule has 6 nitrogen and oxygen atoms in total. The van der Waals surface area contributed by atoms with Crippen LogP contribution in [0.3, 0.4) is 0 Å². The summed E-state index contributed by atoms with van der Waals surface area (Å²) in [6.07, 6.45) is 5.85. The Bertz CT molecular complexity index is 902. The summed E-state index contributed by atoms with van der Waals surface area (Å²) in [6.45, 7) is 6.74. The Morgan fingerprint density at radius 3 is 2.46 bits per heavy atom. The van der Waals surface area contributed by atoms with Gasteiger partial charge in [-0.2, -0.15) is 0 Å². The molecule has 144 valence electrons. The highest BCUT2D eigenvalue weighted by Crippen LogP contribution is 2.23. The standard InChI is InChI=1S/C22H26N6/c1-16-12-21(27-22(26-16)18-6-4-3-5-7-18)28-10-8-19(9-11-28)25-15-20-14-23-17(2)13-24-20/h3-7,12-14,19,25H,8-11,15H2,1-2H3. The van der Waals surface area contributed by atoms with E-state index >= 15 is 0 Å². The van der Waals surface area contributed by atoms with Gasteiger partial charge in [0.15, 0.2) is 5.82 Å². The van der Waals surface area contributed by atoms with E-state index in [-0.39, 0.29) is 0 Å². The number of anilines is 1. The Hall–Kier alpha value is -2.86. The summed E-state index contributed by atoms with van der Waals surface area (Å²) in [7, 11) is 0. The molecule has 0 amide bonds. The van der Waals surface area contributed by atoms with Gasteiger partial charge in [0.05, 0.1) is 11.4 Å². The molecule has 1 fully saturated rings. The van der Waals surface area contributed by atoms with Crippen molar-refractivity contribution in [2.75, 3.05) is 18.0 Å². The van der Waals surface area contributed by atoms with Gasteiger partial charge >= 0.3 is 0 Å². The zero-order valence-corrected chi connectivity index (χ0v) is 16.5. The number of benzene rings is 1. The van der Waals surface area contributed by atoms with Crippen LogP contribution in [0.2, 0.25) is 0 Å². The van der Waals surface area contributed by atoms with Crippen LogP contribution in [0.15, 0.2) is 48.8 Å². The number of piperidine rings is 1. The third kappa shape index (κ3) is 4.51. The van der Waals surface area contributed by atoms with Crippen molar-refractivity contribution < 1.29 is 0 Å². The summed E-state index contributed by atoms with van der Waals surface area (Å²) in [5.74, 6) is 1.82. The average molecular weight is 374 g/mol. The van der Waals surface area contributed by atoms with Gasteiger partial charge in [0.2, 0.25) is 0 Å². The van der Waals surface area contributed by atoms with Crippen LogP contribution in [0, 0.1) is 13.8 Å².